The molecule has 0 spiro atoms. The Morgan fingerprint density at radius 2 is 1.69 bits per heavy atom. The van der Waals surface area contributed by atoms with Crippen molar-refractivity contribution < 1.29 is 24.2 Å². The molecule has 0 aliphatic heterocycles. The third-order valence-electron chi connectivity index (χ3n) is 6.01. The molecule has 3 amide bonds. The molecule has 0 saturated carbocycles. The van der Waals surface area contributed by atoms with E-state index in [1.54, 1.807) is 39.0 Å². The van der Waals surface area contributed by atoms with Crippen LogP contribution in [-0.4, -0.2) is 52.6 Å². The van der Waals surface area contributed by atoms with Crippen molar-refractivity contribution in [2.75, 3.05) is 13.1 Å². The number of carbonyl (C=O) groups is 3. The maximum atomic E-state index is 14.1. The molecule has 2 aromatic carbocycles. The Morgan fingerprint density at radius 3 is 2.26 bits per heavy atom. The van der Waals surface area contributed by atoms with Gasteiger partial charge in [-0.3, -0.25) is 9.59 Å². The topological polar surface area (TPSA) is 108 Å². The fourth-order valence-electron chi connectivity index (χ4n) is 4.08. The molecule has 0 heterocycles. The second-order valence-electron chi connectivity index (χ2n) is 10.7. The number of rotatable bonds is 13. The van der Waals surface area contributed by atoms with Crippen LogP contribution in [0.3, 0.4) is 0 Å². The van der Waals surface area contributed by atoms with Crippen molar-refractivity contribution >= 4 is 17.9 Å². The lowest BCUT2D eigenvalue weighted by Crippen LogP contribution is -2.54. The van der Waals surface area contributed by atoms with Crippen LogP contribution in [0.4, 0.5) is 4.79 Å². The van der Waals surface area contributed by atoms with Crippen LogP contribution in [0.1, 0.15) is 69.7 Å². The zero-order chi connectivity index (χ0) is 29.0. The summed E-state index contributed by atoms with van der Waals surface area (Å²) in [6.07, 6.45) is 3.79. The molecular weight excluding hydrogens is 494 g/mol. The number of aromatic hydroxyl groups is 1. The van der Waals surface area contributed by atoms with Crippen LogP contribution in [-0.2, 0) is 20.7 Å². The fraction of sp³-hybridized carbons (Fsp3) is 0.452. The average Bonchev–Trinajstić information content (AvgIpc) is 2.87. The highest BCUT2D eigenvalue weighted by atomic mass is 16.6. The van der Waals surface area contributed by atoms with Crippen LogP contribution < -0.4 is 10.6 Å². The number of benzene rings is 2. The number of nitrogens with zero attached hydrogens (tertiary/aromatic N) is 1. The molecule has 212 valence electrons. The molecule has 2 unspecified atom stereocenters. The Hall–Kier alpha value is -3.81. The predicted molar refractivity (Wildman–Crippen MR) is 153 cm³/mol. The lowest BCUT2D eigenvalue weighted by Gasteiger charge is -2.34. The minimum Gasteiger partial charge on any atom is -0.508 e. The van der Waals surface area contributed by atoms with Crippen molar-refractivity contribution in [3.05, 3.63) is 77.9 Å². The maximum Gasteiger partial charge on any atom is 0.408 e. The first kappa shape index (κ1) is 31.4. The van der Waals surface area contributed by atoms with E-state index >= 15 is 0 Å². The fourth-order valence-corrected chi connectivity index (χ4v) is 4.08. The normalized spacial score (nSPS) is 12.6. The number of hydrogen-bond donors (Lipinski definition) is 3. The molecule has 0 aliphatic carbocycles. The maximum absolute atomic E-state index is 14.1. The van der Waals surface area contributed by atoms with Gasteiger partial charge in [0.1, 0.15) is 23.4 Å². The molecule has 0 saturated heterocycles. The molecule has 0 aliphatic rings. The van der Waals surface area contributed by atoms with Crippen molar-refractivity contribution in [1.29, 1.82) is 0 Å². The summed E-state index contributed by atoms with van der Waals surface area (Å²) in [6.45, 7) is 13.7. The summed E-state index contributed by atoms with van der Waals surface area (Å²) in [5, 5.41) is 15.4. The van der Waals surface area contributed by atoms with Gasteiger partial charge in [0.15, 0.2) is 0 Å². The monoisotopic (exact) mass is 537 g/mol. The van der Waals surface area contributed by atoms with Crippen molar-refractivity contribution in [3.8, 4) is 5.75 Å². The smallest absolute Gasteiger partial charge is 0.408 e. The highest BCUT2D eigenvalue weighted by Crippen LogP contribution is 2.24. The molecule has 8 heteroatoms. The van der Waals surface area contributed by atoms with Gasteiger partial charge in [-0.25, -0.2) is 4.79 Å². The van der Waals surface area contributed by atoms with E-state index in [1.807, 2.05) is 31.2 Å². The van der Waals surface area contributed by atoms with E-state index in [4.69, 9.17) is 4.74 Å². The first-order chi connectivity index (χ1) is 18.4. The van der Waals surface area contributed by atoms with Gasteiger partial charge < -0.3 is 25.4 Å². The van der Waals surface area contributed by atoms with Gasteiger partial charge in [0, 0.05) is 19.5 Å². The summed E-state index contributed by atoms with van der Waals surface area (Å²) < 4.78 is 5.44. The molecular formula is C31H43N3O5. The van der Waals surface area contributed by atoms with Crippen LogP contribution in [0, 0.1) is 6.92 Å². The number of phenols is 1. The minimum absolute atomic E-state index is 0.0852. The van der Waals surface area contributed by atoms with E-state index < -0.39 is 29.7 Å². The van der Waals surface area contributed by atoms with Gasteiger partial charge >= 0.3 is 6.09 Å². The second kappa shape index (κ2) is 15.0. The second-order valence-corrected chi connectivity index (χ2v) is 10.7. The molecule has 0 fully saturated rings. The molecule has 8 nitrogen and oxygen atoms in total. The standard InChI is InChI=1S/C31H43N3O5/c1-7-9-10-19-32-28(36)27(24-15-11-22(3)12-16-24)34(20-8-2)29(37)26(33-30(38)39-31(4,5)6)21-23-13-17-25(35)18-14-23/h8,11-18,26-27,35H,2,7,9-10,19-21H2,1,3-6H3,(H,32,36)(H,33,38). The number of nitrogens with one attached hydrogen (secondary N) is 2. The molecule has 3 N–H and O–H groups in total. The van der Waals surface area contributed by atoms with Crippen molar-refractivity contribution in [3.63, 3.8) is 0 Å². The molecule has 2 aromatic rings. The summed E-state index contributed by atoms with van der Waals surface area (Å²) >= 11 is 0. The Labute approximate surface area is 232 Å². The molecule has 39 heavy (non-hydrogen) atoms. The zero-order valence-corrected chi connectivity index (χ0v) is 23.8. The Kier molecular flexibility index (Phi) is 12.0. The van der Waals surface area contributed by atoms with E-state index in [9.17, 15) is 19.5 Å². The van der Waals surface area contributed by atoms with Crippen LogP contribution in [0.15, 0.2) is 61.2 Å². The zero-order valence-electron chi connectivity index (χ0n) is 23.8. The average molecular weight is 538 g/mol. The highest BCUT2D eigenvalue weighted by Gasteiger charge is 2.35. The third-order valence-corrected chi connectivity index (χ3v) is 6.01. The Balaban J connectivity index is 2.47. The van der Waals surface area contributed by atoms with E-state index in [1.165, 1.54) is 17.0 Å². The minimum atomic E-state index is -1.04. The van der Waals surface area contributed by atoms with Gasteiger partial charge in [-0.15, -0.1) is 6.58 Å². The number of aryl methyl sites for hydroxylation is 1. The van der Waals surface area contributed by atoms with Gasteiger partial charge in [0.25, 0.3) is 0 Å². The summed E-state index contributed by atoms with van der Waals surface area (Å²) in [5.41, 5.74) is 1.64. The van der Waals surface area contributed by atoms with E-state index in [0.717, 1.165) is 30.4 Å². The lowest BCUT2D eigenvalue weighted by atomic mass is 9.99. The first-order valence-corrected chi connectivity index (χ1v) is 13.5. The van der Waals surface area contributed by atoms with Crippen LogP contribution in [0.5, 0.6) is 5.75 Å². The molecule has 2 atom stereocenters. The van der Waals surface area contributed by atoms with Crippen molar-refractivity contribution in [2.45, 2.75) is 78.0 Å². The largest absolute Gasteiger partial charge is 0.508 e. The molecule has 0 radical (unpaired) electrons. The Bertz CT molecular complexity index is 1090. The summed E-state index contributed by atoms with van der Waals surface area (Å²) in [4.78, 5) is 41.9. The number of unbranched alkanes of at least 4 members (excludes halogenated alkanes) is 2. The molecule has 0 aromatic heterocycles. The lowest BCUT2D eigenvalue weighted by molar-refractivity contribution is -0.141. The van der Waals surface area contributed by atoms with Gasteiger partial charge in [0.05, 0.1) is 0 Å². The van der Waals surface area contributed by atoms with Gasteiger partial charge in [-0.1, -0.05) is 67.8 Å². The SMILES string of the molecule is C=CCN(C(=O)C(Cc1ccc(O)cc1)NC(=O)OC(C)(C)C)C(C(=O)NCCCCC)c1ccc(C)cc1. The number of ether oxygens (including phenoxy) is 1. The Morgan fingerprint density at radius 1 is 1.05 bits per heavy atom. The van der Waals surface area contributed by atoms with E-state index in [0.29, 0.717) is 12.1 Å². The molecule has 0 bridgehead atoms. The number of hydrogen-bond acceptors (Lipinski definition) is 5. The first-order valence-electron chi connectivity index (χ1n) is 13.5. The third kappa shape index (κ3) is 10.5. The van der Waals surface area contributed by atoms with Crippen molar-refractivity contribution in [2.24, 2.45) is 0 Å². The summed E-state index contributed by atoms with van der Waals surface area (Å²) in [5.74, 6) is -0.664. The number of phenolic OH excluding ortho intramolecular Hbond substituents is 1. The quantitative estimate of drug-likeness (QED) is 0.241. The highest BCUT2D eigenvalue weighted by molar-refractivity contribution is 5.92. The van der Waals surface area contributed by atoms with E-state index in [-0.39, 0.29) is 24.6 Å². The molecule has 2 rings (SSSR count). The predicted octanol–water partition coefficient (Wildman–Crippen LogP) is 5.20. The van der Waals surface area contributed by atoms with E-state index in [2.05, 4.69) is 24.1 Å². The number of alkyl carbamates (subject to hydrolysis) is 1. The van der Waals surface area contributed by atoms with Crippen LogP contribution in [0.25, 0.3) is 0 Å². The summed E-state index contributed by atoms with van der Waals surface area (Å²) in [6, 6.07) is 11.9. The van der Waals surface area contributed by atoms with Gasteiger partial charge in [-0.2, -0.15) is 0 Å². The van der Waals surface area contributed by atoms with Crippen LogP contribution >= 0.6 is 0 Å². The summed E-state index contributed by atoms with van der Waals surface area (Å²) in [7, 11) is 0. The van der Waals surface area contributed by atoms with Crippen molar-refractivity contribution in [1.82, 2.24) is 15.5 Å². The number of amides is 3. The van der Waals surface area contributed by atoms with Gasteiger partial charge in [-0.05, 0) is 57.4 Å². The van der Waals surface area contributed by atoms with Gasteiger partial charge in [0.2, 0.25) is 11.8 Å². The van der Waals surface area contributed by atoms with Crippen LogP contribution in [0.2, 0.25) is 0 Å². The number of carbonyl (C=O) groups excluding carboxylic acids is 3.